The highest BCUT2D eigenvalue weighted by molar-refractivity contribution is 5.91. The molecule has 0 saturated carbocycles. The number of nitrogens with two attached hydrogens (primary N) is 1. The molecule has 2 heterocycles. The fourth-order valence-corrected chi connectivity index (χ4v) is 2.33. The van der Waals surface area contributed by atoms with Crippen LogP contribution in [0.15, 0.2) is 24.0 Å². The molecule has 1 fully saturated rings. The number of amides is 1. The smallest absolute Gasteiger partial charge is 0.345 e. The number of ether oxygens (including phenoxy) is 2. The highest BCUT2D eigenvalue weighted by atomic mass is 16.9. The van der Waals surface area contributed by atoms with Crippen LogP contribution in [0.2, 0.25) is 0 Å². The van der Waals surface area contributed by atoms with Gasteiger partial charge in [-0.25, -0.2) is 4.79 Å². The maximum atomic E-state index is 11.5. The third-order valence-corrected chi connectivity index (χ3v) is 3.18. The molecule has 0 aromatic carbocycles. The van der Waals surface area contributed by atoms with Crippen LogP contribution in [0.1, 0.15) is 0 Å². The third kappa shape index (κ3) is 0.943. The first-order valence-electron chi connectivity index (χ1n) is 4.83. The van der Waals surface area contributed by atoms with Gasteiger partial charge in [-0.3, -0.25) is 4.79 Å². The first-order valence-corrected chi connectivity index (χ1v) is 4.83. The molecule has 0 aromatic rings. The summed E-state index contributed by atoms with van der Waals surface area (Å²) in [5, 5.41) is 10.1. The number of hydrogen-bond acceptors (Lipinski definition) is 5. The minimum Gasteiger partial charge on any atom is -0.449 e. The van der Waals surface area contributed by atoms with E-state index in [9.17, 15) is 14.7 Å². The maximum Gasteiger partial charge on any atom is 0.345 e. The Bertz CT molecular complexity index is 454. The van der Waals surface area contributed by atoms with Crippen molar-refractivity contribution in [2.24, 2.45) is 17.6 Å². The van der Waals surface area contributed by atoms with Crippen LogP contribution in [0, 0.1) is 11.8 Å². The van der Waals surface area contributed by atoms with Crippen LogP contribution < -0.4 is 5.73 Å². The SMILES string of the molecule is N[13C](=O)C1=[13CH][13C@H]2[C@@H]3C=[13CH][C@@]2(O)[13C](=O)O[13C@@H]3O1. The van der Waals surface area contributed by atoms with Gasteiger partial charge in [-0.2, -0.15) is 0 Å². The van der Waals surface area contributed by atoms with Gasteiger partial charge < -0.3 is 20.3 Å². The number of esters is 1. The van der Waals surface area contributed by atoms with E-state index in [1.807, 2.05) is 0 Å². The maximum absolute atomic E-state index is 11.5. The van der Waals surface area contributed by atoms with E-state index in [4.69, 9.17) is 15.2 Å². The molecule has 1 aliphatic carbocycles. The highest BCUT2D eigenvalue weighted by Gasteiger charge is 2.59. The molecule has 6 nitrogen and oxygen atoms in total. The van der Waals surface area contributed by atoms with Gasteiger partial charge in [0.15, 0.2) is 11.4 Å². The molecule has 3 rings (SSSR count). The van der Waals surface area contributed by atoms with Gasteiger partial charge >= 0.3 is 5.97 Å². The lowest BCUT2D eigenvalue weighted by atomic mass is 10.2. The van der Waals surface area contributed by atoms with Crippen molar-refractivity contribution in [2.75, 3.05) is 0 Å². The van der Waals surface area contributed by atoms with Crippen molar-refractivity contribution in [3.8, 4) is 0 Å². The van der Waals surface area contributed by atoms with Crippen LogP contribution >= 0.6 is 0 Å². The van der Waals surface area contributed by atoms with Gasteiger partial charge in [0.25, 0.3) is 12.2 Å². The zero-order valence-corrected chi connectivity index (χ0v) is 8.12. The normalized spacial score (nSPS) is 43.4. The van der Waals surface area contributed by atoms with Gasteiger partial charge in [0, 0.05) is 5.92 Å². The average molecular weight is 229 g/mol. The Hall–Kier alpha value is -1.82. The molecule has 2 aliphatic heterocycles. The second-order valence-corrected chi connectivity index (χ2v) is 4.07. The molecule has 16 heavy (non-hydrogen) atoms. The largest absolute Gasteiger partial charge is 0.449 e. The van der Waals surface area contributed by atoms with E-state index in [2.05, 4.69) is 0 Å². The predicted octanol–water partition coefficient (Wildman–Crippen LogP) is -1.20. The number of primary amides is 1. The highest BCUT2D eigenvalue weighted by Crippen LogP contribution is 2.47. The Kier molecular flexibility index (Phi) is 1.56. The molecule has 4 bridgehead atoms. The first kappa shape index (κ1) is 9.41. The van der Waals surface area contributed by atoms with Gasteiger partial charge in [0.1, 0.15) is 0 Å². The molecular formula is C10H9NO5. The fraction of sp³-hybridized carbons (Fsp3) is 0.400. The van der Waals surface area contributed by atoms with Crippen molar-refractivity contribution in [3.63, 3.8) is 0 Å². The topological polar surface area (TPSA) is 98.9 Å². The Morgan fingerprint density at radius 3 is 2.94 bits per heavy atom. The van der Waals surface area contributed by atoms with Crippen molar-refractivity contribution in [1.82, 2.24) is 0 Å². The predicted molar refractivity (Wildman–Crippen MR) is 49.3 cm³/mol. The van der Waals surface area contributed by atoms with Crippen molar-refractivity contribution >= 4 is 11.9 Å². The molecule has 0 spiro atoms. The molecule has 84 valence electrons. The van der Waals surface area contributed by atoms with Gasteiger partial charge in [-0.05, 0) is 12.2 Å². The quantitative estimate of drug-likeness (QED) is 0.334. The van der Waals surface area contributed by atoms with E-state index in [1.165, 1.54) is 12.2 Å². The first-order chi connectivity index (χ1) is 7.52. The van der Waals surface area contributed by atoms with Crippen LogP contribution in [-0.4, -0.2) is 28.9 Å². The number of carbonyl (C=O) groups excluding carboxylic acids is 2. The van der Waals surface area contributed by atoms with Crippen LogP contribution in [0.4, 0.5) is 0 Å². The van der Waals surface area contributed by atoms with Crippen molar-refractivity contribution in [1.29, 1.82) is 0 Å². The second kappa shape index (κ2) is 2.65. The zero-order chi connectivity index (χ0) is 11.5. The lowest BCUT2D eigenvalue weighted by molar-refractivity contribution is -0.224. The summed E-state index contributed by atoms with van der Waals surface area (Å²) in [6, 6.07) is 0. The Balaban J connectivity index is 2.09. The number of rotatable bonds is 1. The monoisotopic (exact) mass is 229 g/mol. The van der Waals surface area contributed by atoms with Crippen molar-refractivity contribution < 1.29 is 24.2 Å². The molecule has 3 N–H and O–H groups in total. The molecular weight excluding hydrogens is 220 g/mol. The molecule has 1 saturated heterocycles. The summed E-state index contributed by atoms with van der Waals surface area (Å²) in [5.41, 5.74) is 3.40. The van der Waals surface area contributed by atoms with Crippen molar-refractivity contribution in [3.05, 3.63) is 24.0 Å². The van der Waals surface area contributed by atoms with Crippen LogP contribution in [-0.2, 0) is 19.1 Å². The lowest BCUT2D eigenvalue weighted by Crippen LogP contribution is -2.55. The molecule has 4 atom stereocenters. The number of aliphatic hydroxyl groups is 1. The van der Waals surface area contributed by atoms with E-state index in [-0.39, 0.29) is 11.7 Å². The fourth-order valence-electron chi connectivity index (χ4n) is 2.33. The summed E-state index contributed by atoms with van der Waals surface area (Å²) < 4.78 is 10.1. The standard InChI is InChI=1S/C10H9NO5/c11-7(12)6-3-5-4-1-2-10(5,14)9(13)16-8(4)15-6/h1-5,8,14H,(H2,11,12)/t4-,5-,8-,10-/m0/s1/i2+1,3+1,5+1,7+1,8+1,9+1. The lowest BCUT2D eigenvalue weighted by Gasteiger charge is -2.41. The molecule has 1 amide bonds. The van der Waals surface area contributed by atoms with Gasteiger partial charge in [-0.15, -0.1) is 0 Å². The minimum atomic E-state index is -1.69. The van der Waals surface area contributed by atoms with E-state index >= 15 is 0 Å². The molecule has 0 aromatic heterocycles. The van der Waals surface area contributed by atoms with Crippen LogP contribution in [0.5, 0.6) is 0 Å². The van der Waals surface area contributed by atoms with Gasteiger partial charge in [0.05, 0.1) is 5.92 Å². The summed E-state index contributed by atoms with van der Waals surface area (Å²) in [6.07, 6.45) is 3.57. The average Bonchev–Trinajstić information content (AvgIpc) is 2.50. The Morgan fingerprint density at radius 2 is 2.25 bits per heavy atom. The van der Waals surface area contributed by atoms with E-state index in [0.29, 0.717) is 0 Å². The molecule has 0 unspecified atom stereocenters. The summed E-state index contributed by atoms with van der Waals surface area (Å²) >= 11 is 0. The number of hydrogen-bond donors (Lipinski definition) is 2. The van der Waals surface area contributed by atoms with Gasteiger partial charge in [0.2, 0.25) is 0 Å². The van der Waals surface area contributed by atoms with E-state index in [1.54, 1.807) is 6.08 Å². The summed E-state index contributed by atoms with van der Waals surface area (Å²) in [5.74, 6) is -2.36. The summed E-state index contributed by atoms with van der Waals surface area (Å²) in [6.45, 7) is 0. The van der Waals surface area contributed by atoms with Crippen molar-refractivity contribution in [2.45, 2.75) is 11.9 Å². The Morgan fingerprint density at radius 1 is 1.50 bits per heavy atom. The summed E-state index contributed by atoms with van der Waals surface area (Å²) in [7, 11) is 0. The second-order valence-electron chi connectivity index (χ2n) is 4.07. The van der Waals surface area contributed by atoms with Gasteiger partial charge in [-0.1, -0.05) is 6.08 Å². The van der Waals surface area contributed by atoms with Crippen LogP contribution in [0.3, 0.4) is 0 Å². The molecule has 3 aliphatic rings. The number of carbonyl (C=O) groups is 2. The summed E-state index contributed by atoms with van der Waals surface area (Å²) in [4.78, 5) is 22.5. The third-order valence-electron chi connectivity index (χ3n) is 3.18. The molecule has 6 heteroatoms. The zero-order valence-electron chi connectivity index (χ0n) is 8.12. The van der Waals surface area contributed by atoms with E-state index in [0.717, 1.165) is 0 Å². The van der Waals surface area contributed by atoms with Crippen LogP contribution in [0.25, 0.3) is 0 Å². The minimum absolute atomic E-state index is 0.0686. The van der Waals surface area contributed by atoms with E-state index < -0.39 is 29.7 Å². The Labute approximate surface area is 90.3 Å². The molecule has 0 radical (unpaired) electrons.